The van der Waals surface area contributed by atoms with Gasteiger partial charge >= 0.3 is 5.97 Å². The Hall–Kier alpha value is -3.25. The zero-order valence-electron chi connectivity index (χ0n) is 19.0. The lowest BCUT2D eigenvalue weighted by molar-refractivity contribution is -0.142. The number of nitrogens with two attached hydrogens (primary N) is 2. The molecule has 0 saturated carbocycles. The summed E-state index contributed by atoms with van der Waals surface area (Å²) in [6.07, 6.45) is 1.14. The minimum Gasteiger partial charge on any atom is -0.495 e. The van der Waals surface area contributed by atoms with Gasteiger partial charge in [-0.2, -0.15) is 0 Å². The number of ether oxygens (including phenoxy) is 2. The van der Waals surface area contributed by atoms with E-state index in [4.69, 9.17) is 20.9 Å². The molecular formula is C26H31N3O3. The number of nitrogens with zero attached hydrogens (tertiary/aromatic N) is 1. The van der Waals surface area contributed by atoms with Gasteiger partial charge in [-0.1, -0.05) is 18.2 Å². The van der Waals surface area contributed by atoms with Crippen molar-refractivity contribution in [2.75, 3.05) is 31.7 Å². The number of hydrogen-bond acceptors (Lipinski definition) is 6. The highest BCUT2D eigenvalue weighted by molar-refractivity contribution is 5.93. The summed E-state index contributed by atoms with van der Waals surface area (Å²) < 4.78 is 10.5. The summed E-state index contributed by atoms with van der Waals surface area (Å²) in [5.41, 5.74) is 18.3. The summed E-state index contributed by atoms with van der Waals surface area (Å²) in [6.45, 7) is 6.20. The van der Waals surface area contributed by atoms with Crippen LogP contribution in [0.25, 0.3) is 10.8 Å². The van der Waals surface area contributed by atoms with Crippen LogP contribution in [0.2, 0.25) is 0 Å². The Morgan fingerprint density at radius 1 is 1.12 bits per heavy atom. The van der Waals surface area contributed by atoms with Crippen LogP contribution in [0.5, 0.6) is 5.75 Å². The zero-order valence-corrected chi connectivity index (χ0v) is 19.0. The van der Waals surface area contributed by atoms with Gasteiger partial charge in [0, 0.05) is 24.8 Å². The molecule has 3 aromatic rings. The maximum Gasteiger partial charge on any atom is 0.310 e. The summed E-state index contributed by atoms with van der Waals surface area (Å²) in [6, 6.07) is 14.7. The largest absolute Gasteiger partial charge is 0.495 e. The third kappa shape index (κ3) is 4.23. The molecule has 0 saturated heterocycles. The van der Waals surface area contributed by atoms with E-state index in [2.05, 4.69) is 42.2 Å². The van der Waals surface area contributed by atoms with E-state index in [1.54, 1.807) is 14.0 Å². The van der Waals surface area contributed by atoms with E-state index in [0.717, 1.165) is 41.6 Å². The van der Waals surface area contributed by atoms with Crippen LogP contribution in [-0.2, 0) is 28.9 Å². The molecule has 0 bridgehead atoms. The second-order valence-electron chi connectivity index (χ2n) is 8.36. The summed E-state index contributed by atoms with van der Waals surface area (Å²) in [4.78, 5) is 14.5. The molecule has 6 heteroatoms. The van der Waals surface area contributed by atoms with E-state index in [9.17, 15) is 4.79 Å². The van der Waals surface area contributed by atoms with Gasteiger partial charge in [-0.3, -0.25) is 9.69 Å². The fourth-order valence-electron chi connectivity index (χ4n) is 4.66. The van der Waals surface area contributed by atoms with Gasteiger partial charge in [0.05, 0.1) is 25.8 Å². The molecule has 6 nitrogen and oxygen atoms in total. The van der Waals surface area contributed by atoms with E-state index in [1.807, 2.05) is 12.1 Å². The van der Waals surface area contributed by atoms with Crippen LogP contribution in [0.3, 0.4) is 0 Å². The van der Waals surface area contributed by atoms with Gasteiger partial charge in [0.2, 0.25) is 0 Å². The minimum absolute atomic E-state index is 0.182. The topological polar surface area (TPSA) is 90.8 Å². The molecule has 1 aliphatic heterocycles. The number of carbonyl (C=O) groups is 1. The Morgan fingerprint density at radius 3 is 2.69 bits per heavy atom. The molecule has 0 radical (unpaired) electrons. The molecule has 168 valence electrons. The molecule has 1 atom stereocenters. The molecule has 0 fully saturated rings. The third-order valence-corrected chi connectivity index (χ3v) is 6.40. The van der Waals surface area contributed by atoms with Crippen LogP contribution in [0, 0.1) is 0 Å². The van der Waals surface area contributed by atoms with Crippen LogP contribution >= 0.6 is 0 Å². The lowest BCUT2D eigenvalue weighted by Gasteiger charge is -2.35. The Bertz CT molecular complexity index is 1160. The van der Waals surface area contributed by atoms with Crippen molar-refractivity contribution in [3.63, 3.8) is 0 Å². The van der Waals surface area contributed by atoms with Crippen molar-refractivity contribution in [3.8, 4) is 5.75 Å². The predicted octanol–water partition coefficient (Wildman–Crippen LogP) is 4.24. The van der Waals surface area contributed by atoms with E-state index < -0.39 is 0 Å². The molecule has 1 unspecified atom stereocenters. The summed E-state index contributed by atoms with van der Waals surface area (Å²) in [5.74, 6) is 0.490. The first kappa shape index (κ1) is 22.0. The number of rotatable bonds is 6. The summed E-state index contributed by atoms with van der Waals surface area (Å²) >= 11 is 0. The highest BCUT2D eigenvalue weighted by atomic mass is 16.5. The van der Waals surface area contributed by atoms with Gasteiger partial charge < -0.3 is 20.9 Å². The van der Waals surface area contributed by atoms with Crippen molar-refractivity contribution in [2.24, 2.45) is 0 Å². The van der Waals surface area contributed by atoms with Crippen molar-refractivity contribution in [1.82, 2.24) is 4.90 Å². The first-order chi connectivity index (χ1) is 15.4. The van der Waals surface area contributed by atoms with Gasteiger partial charge in [-0.05, 0) is 77.6 Å². The number of fused-ring (bicyclic) bond motifs is 2. The zero-order chi connectivity index (χ0) is 22.8. The number of esters is 1. The molecule has 4 N–H and O–H groups in total. The van der Waals surface area contributed by atoms with E-state index in [1.165, 1.54) is 16.7 Å². The standard InChI is InChI=1S/C26H31N3O3/c1-4-32-26(30)14-22-20-7-5-17(11-18(20)6-8-23(22)27)15-29-10-9-19-12-25(31-3)24(28)13-21(19)16(29)2/h5-8,11-13,16H,4,9-10,14-15,27-28H2,1-3H3. The quantitative estimate of drug-likeness (QED) is 0.446. The summed E-state index contributed by atoms with van der Waals surface area (Å²) in [7, 11) is 1.65. The average molecular weight is 434 g/mol. The van der Waals surface area contributed by atoms with Crippen molar-refractivity contribution in [2.45, 2.75) is 39.3 Å². The second kappa shape index (κ2) is 9.09. The molecule has 0 aromatic heterocycles. The monoisotopic (exact) mass is 433 g/mol. The van der Waals surface area contributed by atoms with Gasteiger partial charge in [-0.15, -0.1) is 0 Å². The van der Waals surface area contributed by atoms with Crippen molar-refractivity contribution >= 4 is 28.1 Å². The van der Waals surface area contributed by atoms with E-state index in [-0.39, 0.29) is 18.4 Å². The molecular weight excluding hydrogens is 402 g/mol. The lowest BCUT2D eigenvalue weighted by Crippen LogP contribution is -2.33. The number of carbonyl (C=O) groups excluding carboxylic acids is 1. The maximum absolute atomic E-state index is 12.0. The predicted molar refractivity (Wildman–Crippen MR) is 129 cm³/mol. The van der Waals surface area contributed by atoms with Crippen molar-refractivity contribution < 1.29 is 14.3 Å². The molecule has 0 spiro atoms. The van der Waals surface area contributed by atoms with Crippen LogP contribution in [-0.4, -0.2) is 31.1 Å². The van der Waals surface area contributed by atoms with Crippen molar-refractivity contribution in [1.29, 1.82) is 0 Å². The number of nitrogen functional groups attached to an aromatic ring is 2. The Labute approximate surface area is 189 Å². The number of hydrogen-bond donors (Lipinski definition) is 2. The third-order valence-electron chi connectivity index (χ3n) is 6.40. The van der Waals surface area contributed by atoms with Crippen LogP contribution in [0.1, 0.15) is 42.1 Å². The fraction of sp³-hybridized carbons (Fsp3) is 0.346. The van der Waals surface area contributed by atoms with Crippen molar-refractivity contribution in [3.05, 3.63) is 64.7 Å². The molecule has 3 aromatic carbocycles. The van der Waals surface area contributed by atoms with Crippen LogP contribution < -0.4 is 16.2 Å². The smallest absolute Gasteiger partial charge is 0.310 e. The highest BCUT2D eigenvalue weighted by Gasteiger charge is 2.25. The highest BCUT2D eigenvalue weighted by Crippen LogP contribution is 2.36. The summed E-state index contributed by atoms with van der Waals surface area (Å²) in [5, 5.41) is 2.08. The molecule has 0 aliphatic carbocycles. The molecule has 32 heavy (non-hydrogen) atoms. The normalized spacial score (nSPS) is 16.0. The second-order valence-corrected chi connectivity index (χ2v) is 8.36. The molecule has 1 heterocycles. The minimum atomic E-state index is -0.257. The first-order valence-electron chi connectivity index (χ1n) is 11.1. The molecule has 4 rings (SSSR count). The van der Waals surface area contributed by atoms with Gasteiger partial charge in [-0.25, -0.2) is 0 Å². The number of benzene rings is 3. The Balaban J connectivity index is 1.58. The number of anilines is 2. The van der Waals surface area contributed by atoms with E-state index in [0.29, 0.717) is 18.0 Å². The maximum atomic E-state index is 12.0. The Morgan fingerprint density at radius 2 is 1.94 bits per heavy atom. The molecule has 1 aliphatic rings. The van der Waals surface area contributed by atoms with Gasteiger partial charge in [0.1, 0.15) is 5.75 Å². The van der Waals surface area contributed by atoms with Crippen LogP contribution in [0.15, 0.2) is 42.5 Å². The first-order valence-corrected chi connectivity index (χ1v) is 11.1. The average Bonchev–Trinajstić information content (AvgIpc) is 2.78. The van der Waals surface area contributed by atoms with Crippen LogP contribution in [0.4, 0.5) is 11.4 Å². The fourth-order valence-corrected chi connectivity index (χ4v) is 4.66. The lowest BCUT2D eigenvalue weighted by atomic mass is 9.92. The van der Waals surface area contributed by atoms with E-state index >= 15 is 0 Å². The van der Waals surface area contributed by atoms with Gasteiger partial charge in [0.25, 0.3) is 0 Å². The SMILES string of the molecule is CCOC(=O)Cc1c(N)ccc2cc(CN3CCc4cc(OC)c(N)cc4C3C)ccc12. The Kier molecular flexibility index (Phi) is 6.24. The number of methoxy groups -OCH3 is 1. The molecule has 0 amide bonds. The van der Waals surface area contributed by atoms with Gasteiger partial charge in [0.15, 0.2) is 0 Å².